The van der Waals surface area contributed by atoms with Gasteiger partial charge in [0.05, 0.1) is 0 Å². The third kappa shape index (κ3) is 6.58. The van der Waals surface area contributed by atoms with Crippen LogP contribution in [-0.4, -0.2) is 63.1 Å². The number of aliphatic imine (C=N–C) groups is 1. The molecule has 1 fully saturated rings. The molecule has 0 unspecified atom stereocenters. The van der Waals surface area contributed by atoms with Crippen molar-refractivity contribution in [3.05, 3.63) is 35.9 Å². The quantitative estimate of drug-likeness (QED) is 0.397. The predicted molar refractivity (Wildman–Crippen MR) is 98.4 cm³/mol. The van der Waals surface area contributed by atoms with Crippen LogP contribution < -0.4 is 16.0 Å². The summed E-state index contributed by atoms with van der Waals surface area (Å²) in [6.07, 6.45) is 3.99. The lowest BCUT2D eigenvalue weighted by Crippen LogP contribution is -2.44. The third-order valence-electron chi connectivity index (χ3n) is 4.13. The van der Waals surface area contributed by atoms with Gasteiger partial charge in [-0.15, -0.1) is 0 Å². The average Bonchev–Trinajstić information content (AvgIpc) is 2.65. The fourth-order valence-electron chi connectivity index (χ4n) is 2.78. The van der Waals surface area contributed by atoms with E-state index in [2.05, 4.69) is 25.8 Å². The molecule has 1 amide bonds. The molecule has 0 radical (unpaired) electrons. The number of benzene rings is 1. The molecule has 1 aromatic rings. The van der Waals surface area contributed by atoms with Gasteiger partial charge < -0.3 is 20.9 Å². The lowest BCUT2D eigenvalue weighted by molar-refractivity contribution is 0.0954. The summed E-state index contributed by atoms with van der Waals surface area (Å²) in [6, 6.07) is 9.24. The molecule has 0 aliphatic carbocycles. The molecule has 24 heavy (non-hydrogen) atoms. The van der Waals surface area contributed by atoms with Crippen molar-refractivity contribution in [2.24, 2.45) is 4.99 Å². The van der Waals surface area contributed by atoms with Crippen molar-refractivity contribution in [1.29, 1.82) is 0 Å². The van der Waals surface area contributed by atoms with Gasteiger partial charge in [0.15, 0.2) is 5.96 Å². The molecule has 1 aliphatic heterocycles. The Bertz CT molecular complexity index is 511. The van der Waals surface area contributed by atoms with Gasteiger partial charge in [0.2, 0.25) is 0 Å². The number of carbonyl (C=O) groups excluding carboxylic acids is 1. The number of rotatable bonds is 7. The summed E-state index contributed by atoms with van der Waals surface area (Å²) in [5.41, 5.74) is 0.682. The van der Waals surface area contributed by atoms with Crippen molar-refractivity contribution in [3.8, 4) is 0 Å². The second-order valence-electron chi connectivity index (χ2n) is 5.95. The summed E-state index contributed by atoms with van der Waals surface area (Å²) in [6.45, 7) is 5.54. The van der Waals surface area contributed by atoms with Crippen molar-refractivity contribution in [2.75, 3.05) is 46.3 Å². The molecule has 1 aliphatic rings. The van der Waals surface area contributed by atoms with Crippen LogP contribution in [0.1, 0.15) is 29.6 Å². The number of hydrogen-bond acceptors (Lipinski definition) is 3. The minimum atomic E-state index is -0.0505. The van der Waals surface area contributed by atoms with Crippen molar-refractivity contribution < 1.29 is 4.79 Å². The minimum Gasteiger partial charge on any atom is -0.355 e. The van der Waals surface area contributed by atoms with Crippen LogP contribution in [0.4, 0.5) is 0 Å². The number of nitrogens with zero attached hydrogens (tertiary/aromatic N) is 2. The standard InChI is InChI=1S/C18H29N5O/c1-19-18(22-12-15-23-13-6-3-7-14-23)21-11-10-20-17(24)16-8-4-2-5-9-16/h2,4-5,8-9H,3,6-7,10-15H2,1H3,(H,20,24)(H2,19,21,22). The molecule has 2 rings (SSSR count). The third-order valence-corrected chi connectivity index (χ3v) is 4.13. The Morgan fingerprint density at radius 1 is 1.00 bits per heavy atom. The first-order valence-electron chi connectivity index (χ1n) is 8.79. The number of amides is 1. The Morgan fingerprint density at radius 3 is 2.38 bits per heavy atom. The lowest BCUT2D eigenvalue weighted by atomic mass is 10.1. The van der Waals surface area contributed by atoms with E-state index < -0.39 is 0 Å². The fraction of sp³-hybridized carbons (Fsp3) is 0.556. The summed E-state index contributed by atoms with van der Waals surface area (Å²) in [5.74, 6) is 0.728. The summed E-state index contributed by atoms with van der Waals surface area (Å²) >= 11 is 0. The average molecular weight is 331 g/mol. The molecule has 0 saturated carbocycles. The minimum absolute atomic E-state index is 0.0505. The van der Waals surface area contributed by atoms with Crippen molar-refractivity contribution in [2.45, 2.75) is 19.3 Å². The van der Waals surface area contributed by atoms with Crippen LogP contribution in [0.15, 0.2) is 35.3 Å². The maximum absolute atomic E-state index is 11.9. The molecule has 132 valence electrons. The van der Waals surface area contributed by atoms with Crippen LogP contribution >= 0.6 is 0 Å². The van der Waals surface area contributed by atoms with Crippen molar-refractivity contribution in [3.63, 3.8) is 0 Å². The monoisotopic (exact) mass is 331 g/mol. The summed E-state index contributed by atoms with van der Waals surface area (Å²) < 4.78 is 0. The topological polar surface area (TPSA) is 68.8 Å². The van der Waals surface area contributed by atoms with Gasteiger partial charge in [-0.05, 0) is 38.1 Å². The Balaban J connectivity index is 1.57. The van der Waals surface area contributed by atoms with Gasteiger partial charge in [-0.1, -0.05) is 24.6 Å². The molecule has 0 aromatic heterocycles. The zero-order chi connectivity index (χ0) is 17.0. The normalized spacial score (nSPS) is 15.8. The number of piperidine rings is 1. The van der Waals surface area contributed by atoms with E-state index >= 15 is 0 Å². The summed E-state index contributed by atoms with van der Waals surface area (Å²) in [4.78, 5) is 18.6. The Labute approximate surface area is 144 Å². The highest BCUT2D eigenvalue weighted by atomic mass is 16.1. The SMILES string of the molecule is CN=C(NCCNC(=O)c1ccccc1)NCCN1CCCCC1. The van der Waals surface area contributed by atoms with Crippen LogP contribution in [0.3, 0.4) is 0 Å². The van der Waals surface area contributed by atoms with E-state index in [0.29, 0.717) is 18.7 Å². The number of guanidine groups is 1. The Hall–Kier alpha value is -2.08. The first-order valence-corrected chi connectivity index (χ1v) is 8.79. The molecule has 6 nitrogen and oxygen atoms in total. The maximum Gasteiger partial charge on any atom is 0.251 e. The highest BCUT2D eigenvalue weighted by Gasteiger charge is 2.09. The van der Waals surface area contributed by atoms with Gasteiger partial charge in [0, 0.05) is 38.8 Å². The van der Waals surface area contributed by atoms with E-state index in [-0.39, 0.29) is 5.91 Å². The van der Waals surface area contributed by atoms with Gasteiger partial charge in [-0.25, -0.2) is 0 Å². The molecular weight excluding hydrogens is 302 g/mol. The van der Waals surface area contributed by atoms with E-state index in [1.807, 2.05) is 30.3 Å². The largest absolute Gasteiger partial charge is 0.355 e. The highest BCUT2D eigenvalue weighted by molar-refractivity contribution is 5.94. The smallest absolute Gasteiger partial charge is 0.251 e. The Kier molecular flexibility index (Phi) is 8.10. The van der Waals surface area contributed by atoms with E-state index in [9.17, 15) is 4.79 Å². The second kappa shape index (κ2) is 10.6. The Morgan fingerprint density at radius 2 is 1.67 bits per heavy atom. The second-order valence-corrected chi connectivity index (χ2v) is 5.95. The molecule has 1 aromatic carbocycles. The zero-order valence-corrected chi connectivity index (χ0v) is 14.6. The molecule has 6 heteroatoms. The van der Waals surface area contributed by atoms with Crippen LogP contribution in [0, 0.1) is 0 Å². The van der Waals surface area contributed by atoms with Gasteiger partial charge in [0.1, 0.15) is 0 Å². The molecule has 1 saturated heterocycles. The zero-order valence-electron chi connectivity index (χ0n) is 14.6. The first-order chi connectivity index (χ1) is 11.8. The summed E-state index contributed by atoms with van der Waals surface area (Å²) in [5, 5.41) is 9.43. The van der Waals surface area contributed by atoms with Crippen LogP contribution in [0.25, 0.3) is 0 Å². The predicted octanol–water partition coefficient (Wildman–Crippen LogP) is 1.07. The van der Waals surface area contributed by atoms with Crippen LogP contribution in [0.5, 0.6) is 0 Å². The van der Waals surface area contributed by atoms with E-state index in [1.165, 1.54) is 32.4 Å². The number of hydrogen-bond donors (Lipinski definition) is 3. The molecule has 1 heterocycles. The number of nitrogens with one attached hydrogen (secondary N) is 3. The van der Waals surface area contributed by atoms with Gasteiger partial charge in [-0.3, -0.25) is 9.79 Å². The maximum atomic E-state index is 11.9. The number of likely N-dealkylation sites (tertiary alicyclic amines) is 1. The highest BCUT2D eigenvalue weighted by Crippen LogP contribution is 2.07. The van der Waals surface area contributed by atoms with Crippen LogP contribution in [-0.2, 0) is 0 Å². The van der Waals surface area contributed by atoms with E-state index in [4.69, 9.17) is 0 Å². The van der Waals surface area contributed by atoms with Gasteiger partial charge in [0.25, 0.3) is 5.91 Å². The molecule has 3 N–H and O–H groups in total. The molecule has 0 bridgehead atoms. The van der Waals surface area contributed by atoms with E-state index in [0.717, 1.165) is 19.0 Å². The first kappa shape index (κ1) is 18.3. The van der Waals surface area contributed by atoms with Crippen molar-refractivity contribution in [1.82, 2.24) is 20.9 Å². The number of carbonyl (C=O) groups is 1. The molecule has 0 spiro atoms. The van der Waals surface area contributed by atoms with Crippen LogP contribution in [0.2, 0.25) is 0 Å². The summed E-state index contributed by atoms with van der Waals surface area (Å²) in [7, 11) is 1.76. The fourth-order valence-corrected chi connectivity index (χ4v) is 2.78. The molecular formula is C18H29N5O. The van der Waals surface area contributed by atoms with Crippen molar-refractivity contribution >= 4 is 11.9 Å². The van der Waals surface area contributed by atoms with Gasteiger partial charge >= 0.3 is 0 Å². The lowest BCUT2D eigenvalue weighted by Gasteiger charge is -2.26. The van der Waals surface area contributed by atoms with Gasteiger partial charge in [-0.2, -0.15) is 0 Å². The molecule has 0 atom stereocenters. The van der Waals surface area contributed by atoms with E-state index in [1.54, 1.807) is 7.05 Å².